The van der Waals surface area contributed by atoms with Crippen molar-refractivity contribution < 1.29 is 9.53 Å². The first kappa shape index (κ1) is 18.8. The van der Waals surface area contributed by atoms with E-state index in [1.165, 1.54) is 18.4 Å². The number of ether oxygens (including phenoxy) is 1. The van der Waals surface area contributed by atoms with Gasteiger partial charge in [0.1, 0.15) is 5.75 Å². The Balaban J connectivity index is 1.84. The zero-order valence-electron chi connectivity index (χ0n) is 15.4. The van der Waals surface area contributed by atoms with Gasteiger partial charge in [-0.15, -0.1) is 0 Å². The largest absolute Gasteiger partial charge is 0.497 e. The maximum atomic E-state index is 12.6. The Morgan fingerprint density at radius 2 is 1.96 bits per heavy atom. The molecule has 1 amide bonds. The average Bonchev–Trinajstić information content (AvgIpc) is 2.62. The maximum Gasteiger partial charge on any atom is 0.222 e. The molecule has 1 saturated heterocycles. The molecule has 134 valence electrons. The number of piperidine rings is 1. The maximum absolute atomic E-state index is 12.6. The molecule has 1 N–H and O–H groups in total. The molecule has 1 atom stereocenters. The molecule has 1 unspecified atom stereocenters. The standard InChI is InChI=1S/C20H32N2O2/c1-4-22(20(23)10-7-17-11-13-21-14-12-17)16(2)15-18-5-8-19(24-3)9-6-18/h5-6,8-9,16-17,21H,4,7,10-15H2,1-3H3. The molecule has 0 saturated carbocycles. The van der Waals surface area contributed by atoms with E-state index >= 15 is 0 Å². The summed E-state index contributed by atoms with van der Waals surface area (Å²) in [6, 6.07) is 8.36. The van der Waals surface area contributed by atoms with Gasteiger partial charge in [-0.1, -0.05) is 12.1 Å². The van der Waals surface area contributed by atoms with Crippen LogP contribution >= 0.6 is 0 Å². The van der Waals surface area contributed by atoms with Crippen LogP contribution in [0.25, 0.3) is 0 Å². The van der Waals surface area contributed by atoms with Gasteiger partial charge in [0.25, 0.3) is 0 Å². The number of carbonyl (C=O) groups excluding carboxylic acids is 1. The van der Waals surface area contributed by atoms with E-state index in [0.29, 0.717) is 18.2 Å². The SMILES string of the molecule is CCN(C(=O)CCC1CCNCC1)C(C)Cc1ccc(OC)cc1. The second kappa shape index (κ2) is 9.67. The molecule has 4 heteroatoms. The van der Waals surface area contributed by atoms with Crippen LogP contribution in [-0.4, -0.2) is 43.6 Å². The van der Waals surface area contributed by atoms with Gasteiger partial charge in [-0.3, -0.25) is 4.79 Å². The fourth-order valence-corrected chi connectivity index (χ4v) is 3.59. The molecule has 1 aromatic rings. The number of likely N-dealkylation sites (N-methyl/N-ethyl adjacent to an activating group) is 1. The molecular formula is C20H32N2O2. The number of nitrogens with one attached hydrogen (secondary N) is 1. The molecule has 0 aromatic heterocycles. The first-order valence-electron chi connectivity index (χ1n) is 9.27. The van der Waals surface area contributed by atoms with Gasteiger partial charge in [-0.05, 0) is 76.2 Å². The van der Waals surface area contributed by atoms with Gasteiger partial charge in [0.15, 0.2) is 0 Å². The van der Waals surface area contributed by atoms with Gasteiger partial charge in [-0.2, -0.15) is 0 Å². The number of amides is 1. The van der Waals surface area contributed by atoms with Crippen molar-refractivity contribution in [1.82, 2.24) is 10.2 Å². The smallest absolute Gasteiger partial charge is 0.222 e. The number of nitrogens with zero attached hydrogens (tertiary/aromatic N) is 1. The number of carbonyl (C=O) groups is 1. The molecule has 1 aliphatic rings. The molecule has 0 spiro atoms. The van der Waals surface area contributed by atoms with Crippen LogP contribution in [0.2, 0.25) is 0 Å². The van der Waals surface area contributed by atoms with E-state index in [0.717, 1.165) is 38.2 Å². The van der Waals surface area contributed by atoms with Gasteiger partial charge in [0, 0.05) is 19.0 Å². The summed E-state index contributed by atoms with van der Waals surface area (Å²) in [7, 11) is 1.68. The summed E-state index contributed by atoms with van der Waals surface area (Å²) in [5.74, 6) is 1.89. The Bertz CT molecular complexity index is 495. The molecule has 1 aromatic carbocycles. The second-order valence-electron chi connectivity index (χ2n) is 6.81. The Morgan fingerprint density at radius 1 is 1.29 bits per heavy atom. The number of hydrogen-bond donors (Lipinski definition) is 1. The molecule has 0 radical (unpaired) electrons. The van der Waals surface area contributed by atoms with Crippen molar-refractivity contribution in [2.75, 3.05) is 26.7 Å². The first-order chi connectivity index (χ1) is 11.6. The van der Waals surface area contributed by atoms with Crippen LogP contribution < -0.4 is 10.1 Å². The van der Waals surface area contributed by atoms with Crippen molar-refractivity contribution in [2.24, 2.45) is 5.92 Å². The summed E-state index contributed by atoms with van der Waals surface area (Å²) in [5.41, 5.74) is 1.24. The highest BCUT2D eigenvalue weighted by Gasteiger charge is 2.21. The molecule has 2 rings (SSSR count). The van der Waals surface area contributed by atoms with E-state index in [2.05, 4.69) is 31.3 Å². The molecule has 1 fully saturated rings. The van der Waals surface area contributed by atoms with Crippen LogP contribution in [0.15, 0.2) is 24.3 Å². The first-order valence-corrected chi connectivity index (χ1v) is 9.27. The number of methoxy groups -OCH3 is 1. The second-order valence-corrected chi connectivity index (χ2v) is 6.81. The minimum atomic E-state index is 0.226. The van der Waals surface area contributed by atoms with Crippen molar-refractivity contribution >= 4 is 5.91 Å². The molecular weight excluding hydrogens is 300 g/mol. The van der Waals surface area contributed by atoms with Crippen LogP contribution in [0, 0.1) is 5.92 Å². The summed E-state index contributed by atoms with van der Waals surface area (Å²) in [4.78, 5) is 14.7. The van der Waals surface area contributed by atoms with Crippen molar-refractivity contribution in [3.8, 4) is 5.75 Å². The van der Waals surface area contributed by atoms with E-state index in [4.69, 9.17) is 4.74 Å². The van der Waals surface area contributed by atoms with Gasteiger partial charge in [-0.25, -0.2) is 0 Å². The summed E-state index contributed by atoms with van der Waals surface area (Å²) >= 11 is 0. The lowest BCUT2D eigenvalue weighted by molar-refractivity contribution is -0.133. The van der Waals surface area contributed by atoms with Crippen LogP contribution in [-0.2, 0) is 11.2 Å². The molecule has 24 heavy (non-hydrogen) atoms. The van der Waals surface area contributed by atoms with Gasteiger partial charge >= 0.3 is 0 Å². The van der Waals surface area contributed by atoms with Crippen molar-refractivity contribution in [1.29, 1.82) is 0 Å². The summed E-state index contributed by atoms with van der Waals surface area (Å²) in [5, 5.41) is 3.39. The minimum absolute atomic E-state index is 0.226. The van der Waals surface area contributed by atoms with E-state index in [-0.39, 0.29) is 6.04 Å². The van der Waals surface area contributed by atoms with Crippen LogP contribution in [0.1, 0.15) is 45.1 Å². The predicted molar refractivity (Wildman–Crippen MR) is 98.4 cm³/mol. The topological polar surface area (TPSA) is 41.6 Å². The highest BCUT2D eigenvalue weighted by Crippen LogP contribution is 2.20. The number of rotatable bonds is 8. The Labute approximate surface area is 146 Å². The van der Waals surface area contributed by atoms with Crippen molar-refractivity contribution in [3.05, 3.63) is 29.8 Å². The average molecular weight is 332 g/mol. The normalized spacial score (nSPS) is 16.6. The molecule has 0 aliphatic carbocycles. The zero-order valence-corrected chi connectivity index (χ0v) is 15.4. The highest BCUT2D eigenvalue weighted by atomic mass is 16.5. The van der Waals surface area contributed by atoms with Crippen LogP contribution in [0.5, 0.6) is 5.75 Å². The third-order valence-corrected chi connectivity index (χ3v) is 5.11. The van der Waals surface area contributed by atoms with E-state index in [9.17, 15) is 4.79 Å². The van der Waals surface area contributed by atoms with Crippen molar-refractivity contribution in [3.63, 3.8) is 0 Å². The van der Waals surface area contributed by atoms with E-state index in [1.54, 1.807) is 7.11 Å². The lowest BCUT2D eigenvalue weighted by atomic mass is 9.93. The minimum Gasteiger partial charge on any atom is -0.497 e. The molecule has 1 heterocycles. The Kier molecular flexibility index (Phi) is 7.57. The predicted octanol–water partition coefficient (Wildman–Crippen LogP) is 3.25. The monoisotopic (exact) mass is 332 g/mol. The van der Waals surface area contributed by atoms with Crippen molar-refractivity contribution in [2.45, 2.75) is 52.0 Å². The van der Waals surface area contributed by atoms with E-state index < -0.39 is 0 Å². The molecule has 4 nitrogen and oxygen atoms in total. The lowest BCUT2D eigenvalue weighted by Gasteiger charge is -2.29. The van der Waals surface area contributed by atoms with Gasteiger partial charge < -0.3 is 15.0 Å². The lowest BCUT2D eigenvalue weighted by Crippen LogP contribution is -2.40. The summed E-state index contributed by atoms with van der Waals surface area (Å²) < 4.78 is 5.20. The molecule has 1 aliphatic heterocycles. The van der Waals surface area contributed by atoms with Crippen LogP contribution in [0.4, 0.5) is 0 Å². The zero-order chi connectivity index (χ0) is 17.4. The third kappa shape index (κ3) is 5.52. The third-order valence-electron chi connectivity index (χ3n) is 5.11. The number of benzene rings is 1. The van der Waals surface area contributed by atoms with Crippen LogP contribution in [0.3, 0.4) is 0 Å². The summed E-state index contributed by atoms with van der Waals surface area (Å²) in [6.45, 7) is 7.21. The quantitative estimate of drug-likeness (QED) is 0.794. The number of hydrogen-bond acceptors (Lipinski definition) is 3. The fraction of sp³-hybridized carbons (Fsp3) is 0.650. The Hall–Kier alpha value is -1.55. The molecule has 0 bridgehead atoms. The fourth-order valence-electron chi connectivity index (χ4n) is 3.59. The summed E-state index contributed by atoms with van der Waals surface area (Å²) in [6.07, 6.45) is 5.02. The highest BCUT2D eigenvalue weighted by molar-refractivity contribution is 5.76. The van der Waals surface area contributed by atoms with Gasteiger partial charge in [0.05, 0.1) is 7.11 Å². The van der Waals surface area contributed by atoms with Gasteiger partial charge in [0.2, 0.25) is 5.91 Å². The Morgan fingerprint density at radius 3 is 2.54 bits per heavy atom. The van der Waals surface area contributed by atoms with E-state index in [1.807, 2.05) is 17.0 Å².